The van der Waals surface area contributed by atoms with E-state index < -0.39 is 5.25 Å². The molecule has 0 aliphatic rings. The zero-order chi connectivity index (χ0) is 27.4. The fourth-order valence-corrected chi connectivity index (χ4v) is 5.39. The summed E-state index contributed by atoms with van der Waals surface area (Å²) in [5, 5.41) is 9.11. The van der Waals surface area contributed by atoms with E-state index in [1.165, 1.54) is 18.7 Å². The van der Waals surface area contributed by atoms with Gasteiger partial charge in [-0.3, -0.25) is 9.59 Å². The van der Waals surface area contributed by atoms with E-state index in [0.29, 0.717) is 35.6 Å². The summed E-state index contributed by atoms with van der Waals surface area (Å²) in [5.41, 5.74) is 4.65. The molecule has 0 aliphatic heterocycles. The number of benzene rings is 3. The van der Waals surface area contributed by atoms with Crippen molar-refractivity contribution in [2.45, 2.75) is 43.9 Å². The molecule has 39 heavy (non-hydrogen) atoms. The van der Waals surface area contributed by atoms with Gasteiger partial charge in [0.2, 0.25) is 5.91 Å². The van der Waals surface area contributed by atoms with Crippen LogP contribution in [0.1, 0.15) is 43.2 Å². The number of carbonyl (C=O) groups is 2. The van der Waals surface area contributed by atoms with Gasteiger partial charge in [0.25, 0.3) is 0 Å². The lowest BCUT2D eigenvalue weighted by molar-refractivity contribution is -0.115. The summed E-state index contributed by atoms with van der Waals surface area (Å²) < 4.78 is 1.87. The number of rotatable bonds is 9. The number of fused-ring (bicyclic) bond motifs is 1. The highest BCUT2D eigenvalue weighted by atomic mass is 32.2. The highest BCUT2D eigenvalue weighted by molar-refractivity contribution is 8.00. The molecule has 0 unspecified atom stereocenters. The molecule has 1 N–H and O–H groups in total. The lowest BCUT2D eigenvalue weighted by atomic mass is 10.1. The molecule has 0 saturated heterocycles. The van der Waals surface area contributed by atoms with Gasteiger partial charge in [-0.05, 0) is 56.2 Å². The van der Waals surface area contributed by atoms with Crippen LogP contribution >= 0.6 is 11.8 Å². The Morgan fingerprint density at radius 3 is 2.18 bits per heavy atom. The lowest BCUT2D eigenvalue weighted by Crippen LogP contribution is -2.24. The maximum atomic E-state index is 13.4. The van der Waals surface area contributed by atoms with E-state index in [1.54, 1.807) is 24.3 Å². The van der Waals surface area contributed by atoms with Crippen LogP contribution in [0.2, 0.25) is 0 Å². The molecule has 8 heteroatoms. The number of aryl methyl sites for hydroxylation is 1. The van der Waals surface area contributed by atoms with Crippen molar-refractivity contribution in [2.75, 3.05) is 5.32 Å². The van der Waals surface area contributed by atoms with E-state index in [4.69, 9.17) is 15.1 Å². The largest absolute Gasteiger partial charge is 0.325 e. The van der Waals surface area contributed by atoms with Gasteiger partial charge in [0, 0.05) is 16.8 Å². The van der Waals surface area contributed by atoms with Gasteiger partial charge in [0.15, 0.2) is 17.3 Å². The number of nitrogens with one attached hydrogen (secondary N) is 1. The van der Waals surface area contributed by atoms with Crippen molar-refractivity contribution in [1.29, 1.82) is 0 Å². The Hall–Kier alpha value is -4.30. The molecule has 0 aliphatic carbocycles. The highest BCUT2D eigenvalue weighted by Crippen LogP contribution is 2.35. The molecule has 0 bridgehead atoms. The summed E-state index contributed by atoms with van der Waals surface area (Å²) in [6.45, 7) is 5.57. The fourth-order valence-electron chi connectivity index (χ4n) is 4.32. The molecule has 1 amide bonds. The van der Waals surface area contributed by atoms with Crippen molar-refractivity contribution < 1.29 is 9.59 Å². The average Bonchev–Trinajstić information content (AvgIpc) is 3.36. The van der Waals surface area contributed by atoms with Gasteiger partial charge in [0.1, 0.15) is 5.03 Å². The second kappa shape index (κ2) is 11.6. The second-order valence-corrected chi connectivity index (χ2v) is 10.3. The molecule has 0 spiro atoms. The van der Waals surface area contributed by atoms with E-state index in [-0.39, 0.29) is 11.7 Å². The van der Waals surface area contributed by atoms with Crippen LogP contribution in [0.4, 0.5) is 5.69 Å². The van der Waals surface area contributed by atoms with Crippen LogP contribution in [0, 0.1) is 0 Å². The number of ketones is 1. The molecule has 2 heterocycles. The number of hydrogen-bond acceptors (Lipinski definition) is 6. The number of anilines is 1. The molecule has 5 rings (SSSR count). The Balaban J connectivity index is 1.57. The SMILES string of the molecule is CCc1nn(-c2ccccc2)c2nc(-c3ccccc3)nc(S[C@@H](CC)C(=O)Nc3ccc(C(C)=O)cc3)c12. The fraction of sp³-hybridized carbons (Fsp3) is 0.194. The molecule has 0 radical (unpaired) electrons. The van der Waals surface area contributed by atoms with Crippen molar-refractivity contribution >= 4 is 40.2 Å². The van der Waals surface area contributed by atoms with Gasteiger partial charge in [-0.1, -0.05) is 74.1 Å². The van der Waals surface area contributed by atoms with E-state index in [1.807, 2.05) is 72.3 Å². The van der Waals surface area contributed by atoms with Crippen LogP contribution in [0.15, 0.2) is 90.0 Å². The summed E-state index contributed by atoms with van der Waals surface area (Å²) in [5.74, 6) is 0.444. The molecule has 196 valence electrons. The molecule has 5 aromatic rings. The van der Waals surface area contributed by atoms with Crippen LogP contribution in [0.3, 0.4) is 0 Å². The van der Waals surface area contributed by atoms with Crippen LogP contribution < -0.4 is 5.32 Å². The third-order valence-electron chi connectivity index (χ3n) is 6.41. The standard InChI is InChI=1S/C31H29N5O2S/c1-4-25-27-29(36(35-25)24-14-10-7-11-15-24)33-28(22-12-8-6-9-13-22)34-31(27)39-26(5-2)30(38)32-23-18-16-21(17-19-23)20(3)37/h6-19,26H,4-5H2,1-3H3,(H,32,38)/t26-/m0/s1. The third kappa shape index (κ3) is 5.61. The topological polar surface area (TPSA) is 89.8 Å². The first-order chi connectivity index (χ1) is 19.0. The molecular formula is C31H29N5O2S. The van der Waals surface area contributed by atoms with Crippen molar-refractivity contribution in [2.24, 2.45) is 0 Å². The summed E-state index contributed by atoms with van der Waals surface area (Å²) in [4.78, 5) is 34.9. The first-order valence-electron chi connectivity index (χ1n) is 13.0. The molecule has 7 nitrogen and oxygen atoms in total. The van der Waals surface area contributed by atoms with Crippen molar-refractivity contribution in [1.82, 2.24) is 19.7 Å². The number of carbonyl (C=O) groups excluding carboxylic acids is 2. The van der Waals surface area contributed by atoms with Gasteiger partial charge in [-0.15, -0.1) is 0 Å². The van der Waals surface area contributed by atoms with Crippen molar-refractivity contribution in [3.8, 4) is 17.1 Å². The first kappa shape index (κ1) is 26.3. The Morgan fingerprint density at radius 2 is 1.56 bits per heavy atom. The number of hydrogen-bond donors (Lipinski definition) is 1. The first-order valence-corrected chi connectivity index (χ1v) is 13.9. The third-order valence-corrected chi connectivity index (χ3v) is 7.76. The van der Waals surface area contributed by atoms with E-state index in [0.717, 1.165) is 27.4 Å². The number of para-hydroxylation sites is 1. The van der Waals surface area contributed by atoms with Crippen LogP contribution in [-0.2, 0) is 11.2 Å². The number of aromatic nitrogens is 4. The predicted molar refractivity (Wildman–Crippen MR) is 156 cm³/mol. The molecule has 3 aromatic carbocycles. The summed E-state index contributed by atoms with van der Waals surface area (Å²) >= 11 is 1.43. The average molecular weight is 536 g/mol. The van der Waals surface area contributed by atoms with E-state index in [2.05, 4.69) is 12.2 Å². The smallest absolute Gasteiger partial charge is 0.237 e. The summed E-state index contributed by atoms with van der Waals surface area (Å²) in [6, 6.07) is 26.7. The van der Waals surface area contributed by atoms with Gasteiger partial charge < -0.3 is 5.32 Å². The summed E-state index contributed by atoms with van der Waals surface area (Å²) in [6.07, 6.45) is 1.30. The second-order valence-electron chi connectivity index (χ2n) is 9.10. The summed E-state index contributed by atoms with van der Waals surface area (Å²) in [7, 11) is 0. The molecule has 0 saturated carbocycles. The zero-order valence-electron chi connectivity index (χ0n) is 22.1. The minimum atomic E-state index is -0.399. The van der Waals surface area contributed by atoms with Crippen molar-refractivity contribution in [3.63, 3.8) is 0 Å². The monoisotopic (exact) mass is 535 g/mol. The van der Waals surface area contributed by atoms with Gasteiger partial charge in [-0.25, -0.2) is 14.6 Å². The van der Waals surface area contributed by atoms with Crippen LogP contribution in [-0.4, -0.2) is 36.7 Å². The number of amides is 1. The number of nitrogens with zero attached hydrogens (tertiary/aromatic N) is 4. The predicted octanol–water partition coefficient (Wildman–Crippen LogP) is 6.76. The highest BCUT2D eigenvalue weighted by Gasteiger charge is 2.25. The maximum Gasteiger partial charge on any atom is 0.237 e. The lowest BCUT2D eigenvalue weighted by Gasteiger charge is -2.16. The number of thioether (sulfide) groups is 1. The Bertz CT molecular complexity index is 1620. The Kier molecular flexibility index (Phi) is 7.84. The van der Waals surface area contributed by atoms with E-state index in [9.17, 15) is 9.59 Å². The van der Waals surface area contributed by atoms with Crippen LogP contribution in [0.5, 0.6) is 0 Å². The molecule has 1 atom stereocenters. The van der Waals surface area contributed by atoms with Gasteiger partial charge in [0.05, 0.1) is 22.0 Å². The van der Waals surface area contributed by atoms with E-state index >= 15 is 0 Å². The quantitative estimate of drug-likeness (QED) is 0.127. The normalized spacial score (nSPS) is 11.9. The zero-order valence-corrected chi connectivity index (χ0v) is 22.9. The van der Waals surface area contributed by atoms with Crippen molar-refractivity contribution in [3.05, 3.63) is 96.2 Å². The minimum absolute atomic E-state index is 0.0142. The number of Topliss-reactive ketones (excluding diaryl/α,β-unsaturated/α-hetero) is 1. The van der Waals surface area contributed by atoms with Crippen LogP contribution in [0.25, 0.3) is 28.1 Å². The molecule has 2 aromatic heterocycles. The minimum Gasteiger partial charge on any atom is -0.325 e. The molecule has 0 fully saturated rings. The molecular weight excluding hydrogens is 506 g/mol. The Labute approximate surface area is 231 Å². The Morgan fingerprint density at radius 1 is 0.897 bits per heavy atom. The van der Waals surface area contributed by atoms with Gasteiger partial charge in [-0.2, -0.15) is 5.10 Å². The van der Waals surface area contributed by atoms with Gasteiger partial charge >= 0.3 is 0 Å². The maximum absolute atomic E-state index is 13.4.